The number of piperidine rings is 1. The summed E-state index contributed by atoms with van der Waals surface area (Å²) >= 11 is 0. The van der Waals surface area contributed by atoms with Gasteiger partial charge in [0, 0.05) is 12.6 Å². The lowest BCUT2D eigenvalue weighted by atomic mass is 9.81. The highest BCUT2D eigenvalue weighted by Crippen LogP contribution is 2.39. The second-order valence-electron chi connectivity index (χ2n) is 9.04. The Labute approximate surface area is 204 Å². The van der Waals surface area contributed by atoms with E-state index >= 15 is 0 Å². The fourth-order valence-electron chi connectivity index (χ4n) is 4.44. The van der Waals surface area contributed by atoms with Crippen LogP contribution >= 0.6 is 0 Å². The van der Waals surface area contributed by atoms with Crippen LogP contribution in [0, 0.1) is 0 Å². The normalized spacial score (nSPS) is 23.6. The standard InChI is InChI=1S/C25H27F6N3O2/c1-16(17-11-19(24(26,27)28)13-20(12-17)25(29,30)31)36-15-23(18-5-3-2-4-6-18)8-7-21(14-33-23)34-22-32-9-10-35-22/h2-6,11-13,16,21,33H,7-10,14-15H2,1H3,(H,32,34). The van der Waals surface area contributed by atoms with Crippen molar-refractivity contribution >= 4 is 6.02 Å². The SMILES string of the molecule is CC(OCC1(c2ccccc2)CCC(NC2=NCCO2)CN1)c1cc(C(F)(F)F)cc(C(F)(F)F)c1. The first kappa shape index (κ1) is 26.3. The number of amidine groups is 1. The van der Waals surface area contributed by atoms with E-state index in [2.05, 4.69) is 15.6 Å². The van der Waals surface area contributed by atoms with E-state index in [1.807, 2.05) is 30.3 Å². The van der Waals surface area contributed by atoms with Crippen molar-refractivity contribution in [2.24, 2.45) is 4.99 Å². The topological polar surface area (TPSA) is 54.9 Å². The zero-order valence-corrected chi connectivity index (χ0v) is 19.5. The Morgan fingerprint density at radius 2 is 1.75 bits per heavy atom. The van der Waals surface area contributed by atoms with E-state index < -0.39 is 35.1 Å². The number of benzene rings is 2. The van der Waals surface area contributed by atoms with Gasteiger partial charge in [0.2, 0.25) is 0 Å². The number of aliphatic imine (C=N–C) groups is 1. The van der Waals surface area contributed by atoms with Gasteiger partial charge in [0.15, 0.2) is 0 Å². The molecule has 2 N–H and O–H groups in total. The van der Waals surface area contributed by atoms with Crippen molar-refractivity contribution in [3.05, 3.63) is 70.8 Å². The lowest BCUT2D eigenvalue weighted by Gasteiger charge is -2.42. The molecule has 1 fully saturated rings. The predicted molar refractivity (Wildman–Crippen MR) is 121 cm³/mol. The molecule has 2 heterocycles. The first-order valence-electron chi connectivity index (χ1n) is 11.6. The molecule has 2 aromatic rings. The second kappa shape index (κ2) is 10.3. The van der Waals surface area contributed by atoms with Crippen molar-refractivity contribution in [2.75, 3.05) is 26.3 Å². The number of nitrogens with one attached hydrogen (secondary N) is 2. The van der Waals surface area contributed by atoms with E-state index in [0.29, 0.717) is 44.3 Å². The van der Waals surface area contributed by atoms with Gasteiger partial charge in [-0.05, 0) is 49.1 Å². The summed E-state index contributed by atoms with van der Waals surface area (Å²) < 4.78 is 91.2. The summed E-state index contributed by atoms with van der Waals surface area (Å²) in [4.78, 5) is 4.24. The number of nitrogens with zero attached hydrogens (tertiary/aromatic N) is 1. The molecule has 0 amide bonds. The fourth-order valence-corrected chi connectivity index (χ4v) is 4.44. The van der Waals surface area contributed by atoms with Crippen molar-refractivity contribution in [1.29, 1.82) is 0 Å². The van der Waals surface area contributed by atoms with Crippen LogP contribution in [-0.2, 0) is 27.4 Å². The van der Waals surface area contributed by atoms with Crippen LogP contribution in [0.15, 0.2) is 53.5 Å². The lowest BCUT2D eigenvalue weighted by Crippen LogP contribution is -2.57. The minimum absolute atomic E-state index is 0.0499. The molecule has 5 nitrogen and oxygen atoms in total. The first-order valence-corrected chi connectivity index (χ1v) is 11.6. The molecule has 0 spiro atoms. The Morgan fingerprint density at radius 3 is 2.28 bits per heavy atom. The Morgan fingerprint density at radius 1 is 1.08 bits per heavy atom. The average Bonchev–Trinajstić information content (AvgIpc) is 3.36. The van der Waals surface area contributed by atoms with Crippen molar-refractivity contribution < 1.29 is 35.8 Å². The monoisotopic (exact) mass is 515 g/mol. The molecule has 0 aromatic heterocycles. The van der Waals surface area contributed by atoms with Crippen molar-refractivity contribution in [3.8, 4) is 0 Å². The minimum atomic E-state index is -4.92. The van der Waals surface area contributed by atoms with Crippen LogP contribution in [0.2, 0.25) is 0 Å². The summed E-state index contributed by atoms with van der Waals surface area (Å²) in [5.41, 5.74) is -2.65. The largest absolute Gasteiger partial charge is 0.463 e. The van der Waals surface area contributed by atoms with Crippen LogP contribution in [0.1, 0.15) is 48.1 Å². The van der Waals surface area contributed by atoms with Gasteiger partial charge < -0.3 is 20.1 Å². The third-order valence-corrected chi connectivity index (χ3v) is 6.51. The number of alkyl halides is 6. The van der Waals surface area contributed by atoms with Crippen LogP contribution in [0.5, 0.6) is 0 Å². The lowest BCUT2D eigenvalue weighted by molar-refractivity contribution is -0.143. The molecule has 36 heavy (non-hydrogen) atoms. The molecule has 3 atom stereocenters. The van der Waals surface area contributed by atoms with Crippen molar-refractivity contribution in [1.82, 2.24) is 10.6 Å². The smallest absolute Gasteiger partial charge is 0.416 e. The van der Waals surface area contributed by atoms with Gasteiger partial charge in [0.1, 0.15) is 6.61 Å². The predicted octanol–water partition coefficient (Wildman–Crippen LogP) is 5.43. The molecule has 4 rings (SSSR count). The Kier molecular flexibility index (Phi) is 7.51. The molecule has 2 aromatic carbocycles. The van der Waals surface area contributed by atoms with Crippen LogP contribution in [0.25, 0.3) is 0 Å². The Hall–Kier alpha value is -2.79. The quantitative estimate of drug-likeness (QED) is 0.505. The third kappa shape index (κ3) is 6.12. The summed E-state index contributed by atoms with van der Waals surface area (Å²) in [6.45, 7) is 3.19. The van der Waals surface area contributed by atoms with Gasteiger partial charge in [-0.1, -0.05) is 30.3 Å². The molecule has 0 bridgehead atoms. The maximum Gasteiger partial charge on any atom is 0.416 e. The zero-order chi connectivity index (χ0) is 26.0. The minimum Gasteiger partial charge on any atom is -0.463 e. The molecule has 0 aliphatic carbocycles. The van der Waals surface area contributed by atoms with E-state index in [9.17, 15) is 26.3 Å². The van der Waals surface area contributed by atoms with Crippen LogP contribution in [-0.4, -0.2) is 38.4 Å². The van der Waals surface area contributed by atoms with E-state index in [0.717, 1.165) is 12.0 Å². The summed E-state index contributed by atoms with van der Waals surface area (Å²) in [5.74, 6) is 0. The molecule has 11 heteroatoms. The second-order valence-corrected chi connectivity index (χ2v) is 9.04. The van der Waals surface area contributed by atoms with Gasteiger partial charge in [-0.15, -0.1) is 0 Å². The van der Waals surface area contributed by atoms with Gasteiger partial charge >= 0.3 is 12.4 Å². The van der Waals surface area contributed by atoms with Crippen LogP contribution < -0.4 is 10.6 Å². The molecule has 2 aliphatic heterocycles. The fraction of sp³-hybridized carbons (Fsp3) is 0.480. The first-order chi connectivity index (χ1) is 17.0. The summed E-state index contributed by atoms with van der Waals surface area (Å²) in [5, 5.41) is 6.74. The number of ether oxygens (including phenoxy) is 2. The van der Waals surface area contributed by atoms with Gasteiger partial charge in [-0.25, -0.2) is 4.99 Å². The molecule has 196 valence electrons. The maximum absolute atomic E-state index is 13.3. The van der Waals surface area contributed by atoms with Crippen molar-refractivity contribution in [3.63, 3.8) is 0 Å². The molecule has 0 saturated carbocycles. The Balaban J connectivity index is 1.52. The molecule has 1 saturated heterocycles. The maximum atomic E-state index is 13.3. The van der Waals surface area contributed by atoms with Crippen molar-refractivity contribution in [2.45, 2.75) is 49.8 Å². The number of hydrogen-bond donors (Lipinski definition) is 2. The summed E-state index contributed by atoms with van der Waals surface area (Å²) in [7, 11) is 0. The average molecular weight is 515 g/mol. The highest BCUT2D eigenvalue weighted by atomic mass is 19.4. The van der Waals surface area contributed by atoms with Crippen LogP contribution in [0.3, 0.4) is 0 Å². The molecular formula is C25H27F6N3O2. The van der Waals surface area contributed by atoms with Gasteiger partial charge in [-0.2, -0.15) is 26.3 Å². The zero-order valence-electron chi connectivity index (χ0n) is 19.5. The molecular weight excluding hydrogens is 488 g/mol. The summed E-state index contributed by atoms with van der Waals surface area (Å²) in [6, 6.07) is 11.6. The number of halogens is 6. The number of hydrogen-bond acceptors (Lipinski definition) is 5. The van der Waals surface area contributed by atoms with Crippen LogP contribution in [0.4, 0.5) is 26.3 Å². The Bertz CT molecular complexity index is 1030. The van der Waals surface area contributed by atoms with Gasteiger partial charge in [-0.3, -0.25) is 0 Å². The van der Waals surface area contributed by atoms with Gasteiger partial charge in [0.05, 0.1) is 35.9 Å². The highest BCUT2D eigenvalue weighted by Gasteiger charge is 2.39. The molecule has 0 radical (unpaired) electrons. The summed E-state index contributed by atoms with van der Waals surface area (Å²) in [6.07, 6.45) is -9.50. The van der Waals surface area contributed by atoms with E-state index in [1.165, 1.54) is 6.92 Å². The third-order valence-electron chi connectivity index (χ3n) is 6.51. The van der Waals surface area contributed by atoms with E-state index in [1.54, 1.807) is 0 Å². The number of rotatable bonds is 6. The molecule has 3 unspecified atom stereocenters. The van der Waals surface area contributed by atoms with E-state index in [4.69, 9.17) is 9.47 Å². The van der Waals surface area contributed by atoms with E-state index in [-0.39, 0.29) is 24.3 Å². The highest BCUT2D eigenvalue weighted by molar-refractivity contribution is 5.75. The van der Waals surface area contributed by atoms with Gasteiger partial charge in [0.25, 0.3) is 6.02 Å². The molecule has 2 aliphatic rings.